The van der Waals surface area contributed by atoms with E-state index in [9.17, 15) is 8.42 Å². The number of hydrogen-bond acceptors (Lipinski definition) is 3. The van der Waals surface area contributed by atoms with Crippen LogP contribution in [0.2, 0.25) is 0 Å². The summed E-state index contributed by atoms with van der Waals surface area (Å²) >= 11 is 4.88. The van der Waals surface area contributed by atoms with Crippen LogP contribution >= 0.6 is 12.2 Å². The third kappa shape index (κ3) is 3.99. The monoisotopic (exact) mass is 298 g/mol. The number of thiocarbonyl (C=S) groups is 1. The third-order valence-corrected chi connectivity index (χ3v) is 4.96. The second kappa shape index (κ2) is 5.98. The Balaban J connectivity index is 2.03. The molecular formula is C13H18N2O2S2. The molecule has 0 atom stereocenters. The molecule has 0 radical (unpaired) electrons. The van der Waals surface area contributed by atoms with Gasteiger partial charge in [-0.05, 0) is 24.8 Å². The van der Waals surface area contributed by atoms with Crippen LogP contribution in [0.3, 0.4) is 0 Å². The van der Waals surface area contributed by atoms with Gasteiger partial charge in [0.15, 0.2) is 0 Å². The van der Waals surface area contributed by atoms with Crippen molar-refractivity contribution in [1.29, 1.82) is 0 Å². The Kier molecular flexibility index (Phi) is 4.54. The summed E-state index contributed by atoms with van der Waals surface area (Å²) in [5.41, 5.74) is 5.95. The van der Waals surface area contributed by atoms with Gasteiger partial charge < -0.3 is 5.73 Å². The molecule has 1 aliphatic carbocycles. The highest BCUT2D eigenvalue weighted by Gasteiger charge is 2.22. The molecule has 1 fully saturated rings. The third-order valence-electron chi connectivity index (χ3n) is 3.22. The largest absolute Gasteiger partial charge is 0.389 e. The Morgan fingerprint density at radius 1 is 1.37 bits per heavy atom. The molecule has 104 valence electrons. The first-order valence-corrected chi connectivity index (χ1v) is 8.28. The zero-order chi connectivity index (χ0) is 13.9. The zero-order valence-electron chi connectivity index (χ0n) is 10.6. The summed E-state index contributed by atoms with van der Waals surface area (Å²) in [6.45, 7) is 0.463. The molecule has 6 heteroatoms. The van der Waals surface area contributed by atoms with Crippen LogP contribution in [0.4, 0.5) is 0 Å². The number of nitrogens with one attached hydrogen (secondary N) is 1. The summed E-state index contributed by atoms with van der Waals surface area (Å²) < 4.78 is 27.0. The molecule has 0 amide bonds. The average molecular weight is 298 g/mol. The van der Waals surface area contributed by atoms with Crippen molar-refractivity contribution in [2.24, 2.45) is 11.7 Å². The van der Waals surface area contributed by atoms with E-state index in [1.807, 2.05) is 0 Å². The Hall–Kier alpha value is -0.980. The summed E-state index contributed by atoms with van der Waals surface area (Å²) in [5.74, 6) is 0.813. The van der Waals surface area contributed by atoms with E-state index in [1.165, 1.54) is 18.9 Å². The van der Waals surface area contributed by atoms with Crippen molar-refractivity contribution in [3.05, 3.63) is 29.8 Å². The second-order valence-electron chi connectivity index (χ2n) is 4.84. The maximum Gasteiger partial charge on any atom is 0.241 e. The van der Waals surface area contributed by atoms with Gasteiger partial charge in [0.1, 0.15) is 4.99 Å². The van der Waals surface area contributed by atoms with Gasteiger partial charge in [-0.15, -0.1) is 0 Å². The normalized spacial score (nSPS) is 15.4. The standard InChI is InChI=1S/C13H18N2O2S2/c14-13(18)11-5-1-2-6-12(11)19(16,17)15-9-3-4-10-7-8-10/h1-2,5-6,10,15H,3-4,7-9H2,(H2,14,18). The summed E-state index contributed by atoms with van der Waals surface area (Å²) in [7, 11) is -3.53. The highest BCUT2D eigenvalue weighted by molar-refractivity contribution is 7.89. The molecule has 0 heterocycles. The van der Waals surface area contributed by atoms with E-state index in [4.69, 9.17) is 18.0 Å². The Morgan fingerprint density at radius 2 is 2.05 bits per heavy atom. The lowest BCUT2D eigenvalue weighted by Crippen LogP contribution is -2.27. The van der Waals surface area contributed by atoms with Crippen LogP contribution in [0.5, 0.6) is 0 Å². The molecule has 1 aliphatic rings. The molecule has 19 heavy (non-hydrogen) atoms. The molecule has 0 bridgehead atoms. The van der Waals surface area contributed by atoms with Crippen LogP contribution in [0, 0.1) is 5.92 Å². The Labute approximate surface area is 119 Å². The number of benzene rings is 1. The van der Waals surface area contributed by atoms with Crippen LogP contribution < -0.4 is 10.5 Å². The van der Waals surface area contributed by atoms with E-state index in [0.717, 1.165) is 18.8 Å². The van der Waals surface area contributed by atoms with E-state index in [1.54, 1.807) is 18.2 Å². The number of nitrogens with two attached hydrogens (primary N) is 1. The SMILES string of the molecule is NC(=S)c1ccccc1S(=O)(=O)NCCCC1CC1. The lowest BCUT2D eigenvalue weighted by molar-refractivity contribution is 0.572. The van der Waals surface area contributed by atoms with E-state index in [2.05, 4.69) is 4.72 Å². The minimum Gasteiger partial charge on any atom is -0.389 e. The Bertz CT molecular complexity index is 566. The van der Waals surface area contributed by atoms with Gasteiger partial charge in [-0.25, -0.2) is 13.1 Å². The maximum atomic E-state index is 12.2. The highest BCUT2D eigenvalue weighted by atomic mass is 32.2. The van der Waals surface area contributed by atoms with Crippen molar-refractivity contribution in [3.63, 3.8) is 0 Å². The second-order valence-corrected chi connectivity index (χ2v) is 7.02. The molecule has 1 aromatic carbocycles. The number of rotatable bonds is 7. The van der Waals surface area contributed by atoms with Crippen molar-refractivity contribution in [3.8, 4) is 0 Å². The number of sulfonamides is 1. The van der Waals surface area contributed by atoms with Gasteiger partial charge in [-0.1, -0.05) is 43.3 Å². The van der Waals surface area contributed by atoms with Crippen molar-refractivity contribution in [1.82, 2.24) is 4.72 Å². The van der Waals surface area contributed by atoms with Crippen LogP contribution in [0.1, 0.15) is 31.2 Å². The molecule has 0 unspecified atom stereocenters. The summed E-state index contributed by atoms with van der Waals surface area (Å²) in [4.78, 5) is 0.257. The van der Waals surface area contributed by atoms with Crippen molar-refractivity contribution in [2.75, 3.05) is 6.54 Å². The molecule has 0 spiro atoms. The summed E-state index contributed by atoms with van der Waals surface area (Å²) in [6.07, 6.45) is 4.55. The first kappa shape index (κ1) is 14.4. The van der Waals surface area contributed by atoms with Gasteiger partial charge in [0.2, 0.25) is 10.0 Å². The molecule has 1 saturated carbocycles. The van der Waals surface area contributed by atoms with Gasteiger partial charge in [0.25, 0.3) is 0 Å². The lowest BCUT2D eigenvalue weighted by atomic mass is 10.2. The first-order valence-electron chi connectivity index (χ1n) is 6.39. The van der Waals surface area contributed by atoms with E-state index in [0.29, 0.717) is 12.1 Å². The van der Waals surface area contributed by atoms with Gasteiger partial charge in [-0.3, -0.25) is 0 Å². The van der Waals surface area contributed by atoms with Crippen molar-refractivity contribution in [2.45, 2.75) is 30.6 Å². The fraction of sp³-hybridized carbons (Fsp3) is 0.462. The lowest BCUT2D eigenvalue weighted by Gasteiger charge is -2.10. The molecule has 3 N–H and O–H groups in total. The summed E-state index contributed by atoms with van der Waals surface area (Å²) in [5, 5.41) is 0. The van der Waals surface area contributed by atoms with Gasteiger partial charge in [0.05, 0.1) is 4.90 Å². The topological polar surface area (TPSA) is 72.2 Å². The quantitative estimate of drug-likeness (QED) is 0.594. The number of hydrogen-bond donors (Lipinski definition) is 2. The predicted molar refractivity (Wildman–Crippen MR) is 79.5 cm³/mol. The van der Waals surface area contributed by atoms with Gasteiger partial charge in [0, 0.05) is 12.1 Å². The predicted octanol–water partition coefficient (Wildman–Crippen LogP) is 1.79. The average Bonchev–Trinajstić information content (AvgIpc) is 3.19. The van der Waals surface area contributed by atoms with E-state index >= 15 is 0 Å². The first-order chi connectivity index (χ1) is 9.00. The minimum atomic E-state index is -3.53. The van der Waals surface area contributed by atoms with Crippen molar-refractivity contribution >= 4 is 27.2 Å². The van der Waals surface area contributed by atoms with Crippen LogP contribution in [-0.2, 0) is 10.0 Å². The van der Waals surface area contributed by atoms with E-state index < -0.39 is 10.0 Å². The van der Waals surface area contributed by atoms with Gasteiger partial charge >= 0.3 is 0 Å². The van der Waals surface area contributed by atoms with E-state index in [-0.39, 0.29) is 9.88 Å². The molecule has 0 aromatic heterocycles. The minimum absolute atomic E-state index is 0.0963. The van der Waals surface area contributed by atoms with Crippen LogP contribution in [0.25, 0.3) is 0 Å². The maximum absolute atomic E-state index is 12.2. The molecule has 1 aromatic rings. The molecule has 0 saturated heterocycles. The van der Waals surface area contributed by atoms with Crippen LogP contribution in [-0.4, -0.2) is 20.0 Å². The molecule has 0 aliphatic heterocycles. The van der Waals surface area contributed by atoms with Crippen LogP contribution in [0.15, 0.2) is 29.2 Å². The van der Waals surface area contributed by atoms with Gasteiger partial charge in [-0.2, -0.15) is 0 Å². The highest BCUT2D eigenvalue weighted by Crippen LogP contribution is 2.33. The smallest absolute Gasteiger partial charge is 0.241 e. The molecular weight excluding hydrogens is 280 g/mol. The van der Waals surface area contributed by atoms with Crippen molar-refractivity contribution < 1.29 is 8.42 Å². The fourth-order valence-corrected chi connectivity index (χ4v) is 3.52. The Morgan fingerprint density at radius 3 is 2.68 bits per heavy atom. The fourth-order valence-electron chi connectivity index (χ4n) is 1.99. The zero-order valence-corrected chi connectivity index (χ0v) is 12.3. The molecule has 4 nitrogen and oxygen atoms in total. The molecule has 2 rings (SSSR count). The summed E-state index contributed by atoms with van der Waals surface area (Å²) in [6, 6.07) is 6.54.